The Hall–Kier alpha value is -0.600. The highest BCUT2D eigenvalue weighted by Gasteiger charge is 2.82. The molecule has 1 rings (SSSR count). The van der Waals surface area contributed by atoms with Gasteiger partial charge in [-0.15, -0.1) is 0 Å². The van der Waals surface area contributed by atoms with E-state index in [-0.39, 0.29) is 13.0 Å². The summed E-state index contributed by atoms with van der Waals surface area (Å²) in [5, 5.41) is -12.9. The second kappa shape index (κ2) is 5.49. The molecule has 2 N–H and O–H groups in total. The summed E-state index contributed by atoms with van der Waals surface area (Å²) in [4.78, 5) is 0. The summed E-state index contributed by atoms with van der Waals surface area (Å²) in [5.41, 5.74) is 0. The number of nitrogens with one attached hydrogen (secondary N) is 1. The lowest BCUT2D eigenvalue weighted by Crippen LogP contribution is -2.63. The van der Waals surface area contributed by atoms with Crippen LogP contribution in [-0.2, 0) is 20.0 Å². The van der Waals surface area contributed by atoms with E-state index in [0.717, 1.165) is 0 Å². The maximum atomic E-state index is 13.6. The van der Waals surface area contributed by atoms with Gasteiger partial charge >= 0.3 is 26.5 Å². The predicted molar refractivity (Wildman–Crippen MR) is 61.2 cm³/mol. The summed E-state index contributed by atoms with van der Waals surface area (Å²) < 4.78 is 131. The summed E-state index contributed by atoms with van der Waals surface area (Å²) in [6, 6.07) is 0. The molecule has 0 aliphatic carbocycles. The van der Waals surface area contributed by atoms with Gasteiger partial charge in [0.05, 0.1) is 5.25 Å². The summed E-state index contributed by atoms with van der Waals surface area (Å²) >= 11 is 0. The molecule has 1 unspecified atom stereocenters. The van der Waals surface area contributed by atoms with Gasteiger partial charge in [0.1, 0.15) is 0 Å². The van der Waals surface area contributed by atoms with Crippen LogP contribution in [0.15, 0.2) is 0 Å². The quantitative estimate of drug-likeness (QED) is 0.543. The minimum Gasteiger partial charge on any atom is -0.315 e. The average Bonchev–Trinajstić information content (AvgIpc) is 2.37. The Morgan fingerprint density at radius 3 is 1.82 bits per heavy atom. The molecule has 0 saturated carbocycles. The Bertz CT molecular complexity index is 625. The van der Waals surface area contributed by atoms with Crippen LogP contribution < -0.4 is 5.32 Å². The van der Waals surface area contributed by atoms with Crippen LogP contribution in [0.25, 0.3) is 0 Å². The molecule has 0 amide bonds. The number of rotatable bonds is 5. The van der Waals surface area contributed by atoms with Gasteiger partial charge in [0.2, 0.25) is 9.84 Å². The lowest BCUT2D eigenvalue weighted by atomic mass is 10.2. The first kappa shape index (κ1) is 19.4. The van der Waals surface area contributed by atoms with Crippen LogP contribution >= 0.6 is 0 Å². The molecule has 0 aromatic heterocycles. The Morgan fingerprint density at radius 1 is 0.955 bits per heavy atom. The van der Waals surface area contributed by atoms with Crippen molar-refractivity contribution in [1.82, 2.24) is 5.32 Å². The lowest BCUT2D eigenvalue weighted by molar-refractivity contribution is -0.245. The van der Waals surface area contributed by atoms with Gasteiger partial charge in [-0.1, -0.05) is 0 Å². The topological polar surface area (TPSA) is 101 Å². The molecule has 0 aromatic carbocycles. The molecule has 1 fully saturated rings. The fourth-order valence-electron chi connectivity index (χ4n) is 1.80. The number of alkyl halides is 6. The molecule has 1 heterocycles. The van der Waals surface area contributed by atoms with Crippen molar-refractivity contribution < 1.29 is 47.7 Å². The Balaban J connectivity index is 3.37. The molecule has 0 aromatic rings. The van der Waals surface area contributed by atoms with Crippen LogP contribution in [0, 0.1) is 0 Å². The van der Waals surface area contributed by atoms with E-state index < -0.39 is 54.6 Å². The molecule has 14 heteroatoms. The first-order valence-corrected chi connectivity index (χ1v) is 8.64. The second-order valence-electron chi connectivity index (χ2n) is 4.60. The van der Waals surface area contributed by atoms with Crippen molar-refractivity contribution in [3.05, 3.63) is 0 Å². The maximum Gasteiger partial charge on any atom is 0.439 e. The van der Waals surface area contributed by atoms with Gasteiger partial charge < -0.3 is 5.32 Å². The smallest absolute Gasteiger partial charge is 0.315 e. The lowest BCUT2D eigenvalue weighted by Gasteiger charge is -2.33. The van der Waals surface area contributed by atoms with Crippen molar-refractivity contribution in [2.24, 2.45) is 0 Å². The van der Waals surface area contributed by atoms with E-state index in [9.17, 15) is 43.2 Å². The highest BCUT2D eigenvalue weighted by atomic mass is 32.2. The van der Waals surface area contributed by atoms with Crippen LogP contribution in [0.4, 0.5) is 26.3 Å². The molecule has 0 radical (unpaired) electrons. The van der Waals surface area contributed by atoms with Gasteiger partial charge in [-0.05, 0) is 19.4 Å². The van der Waals surface area contributed by atoms with Crippen LogP contribution in [0.5, 0.6) is 0 Å². The summed E-state index contributed by atoms with van der Waals surface area (Å²) in [6.07, 6.45) is -0.474. The molecule has 1 aliphatic rings. The Labute approximate surface area is 121 Å². The Kier molecular flexibility index (Phi) is 4.85. The molecular weight excluding hydrogens is 368 g/mol. The zero-order valence-corrected chi connectivity index (χ0v) is 12.2. The number of hydrogen-bond donors (Lipinski definition) is 2. The molecule has 0 bridgehead atoms. The van der Waals surface area contributed by atoms with Crippen molar-refractivity contribution >= 4 is 20.0 Å². The number of piperidine rings is 1. The Morgan fingerprint density at radius 2 is 1.45 bits per heavy atom. The monoisotopic (exact) mass is 379 g/mol. The first-order chi connectivity index (χ1) is 9.61. The van der Waals surface area contributed by atoms with Gasteiger partial charge in [0, 0.05) is 6.54 Å². The second-order valence-corrected chi connectivity index (χ2v) is 8.33. The predicted octanol–water partition coefficient (Wildman–Crippen LogP) is 0.862. The van der Waals surface area contributed by atoms with Gasteiger partial charge in [0.25, 0.3) is 0 Å². The fourth-order valence-corrected chi connectivity index (χ4v) is 4.04. The number of halogens is 6. The maximum absolute atomic E-state index is 13.6. The van der Waals surface area contributed by atoms with Gasteiger partial charge in [-0.3, -0.25) is 4.55 Å². The van der Waals surface area contributed by atoms with Crippen molar-refractivity contribution in [2.75, 3.05) is 13.1 Å². The van der Waals surface area contributed by atoms with E-state index >= 15 is 0 Å². The van der Waals surface area contributed by atoms with Crippen LogP contribution in [-0.4, -0.2) is 56.2 Å². The van der Waals surface area contributed by atoms with Crippen LogP contribution in [0.2, 0.25) is 0 Å². The zero-order chi connectivity index (χ0) is 17.6. The number of sulfone groups is 1. The van der Waals surface area contributed by atoms with E-state index in [2.05, 4.69) is 5.32 Å². The number of hydrogen-bond acceptors (Lipinski definition) is 5. The summed E-state index contributed by atoms with van der Waals surface area (Å²) in [6.45, 7) is -0.458. The van der Waals surface area contributed by atoms with E-state index in [4.69, 9.17) is 4.55 Å². The van der Waals surface area contributed by atoms with Crippen molar-refractivity contribution in [1.29, 1.82) is 0 Å². The SMILES string of the molecule is O=S(=O)(O)C(F)(F)C(F)(F)C(F)(F)S(=O)(=O)C1CCCNC1. The standard InChI is InChI=1S/C8H11F6NO5S2/c9-6(10,8(13,14)22(18,19)20)7(11,12)21(16,17)5-2-1-3-15-4-5/h5,15H,1-4H2,(H,18,19,20). The third kappa shape index (κ3) is 2.69. The van der Waals surface area contributed by atoms with Crippen molar-refractivity contribution in [3.63, 3.8) is 0 Å². The first-order valence-electron chi connectivity index (χ1n) is 5.65. The molecule has 132 valence electrons. The third-order valence-electron chi connectivity index (χ3n) is 3.10. The molecule has 1 saturated heterocycles. The highest BCUT2D eigenvalue weighted by molar-refractivity contribution is 7.93. The summed E-state index contributed by atoms with van der Waals surface area (Å²) in [5.74, 6) is -6.86. The molecule has 6 nitrogen and oxygen atoms in total. The van der Waals surface area contributed by atoms with Crippen LogP contribution in [0.3, 0.4) is 0 Å². The van der Waals surface area contributed by atoms with Gasteiger partial charge in [-0.2, -0.15) is 34.8 Å². The zero-order valence-electron chi connectivity index (χ0n) is 10.6. The molecule has 0 spiro atoms. The van der Waals surface area contributed by atoms with Crippen molar-refractivity contribution in [3.8, 4) is 0 Å². The highest BCUT2D eigenvalue weighted by Crippen LogP contribution is 2.51. The largest absolute Gasteiger partial charge is 0.439 e. The van der Waals surface area contributed by atoms with Crippen molar-refractivity contribution in [2.45, 2.75) is 34.5 Å². The normalized spacial score (nSPS) is 22.6. The van der Waals surface area contributed by atoms with Crippen LogP contribution in [0.1, 0.15) is 12.8 Å². The molecule has 1 atom stereocenters. The van der Waals surface area contributed by atoms with E-state index in [1.807, 2.05) is 0 Å². The van der Waals surface area contributed by atoms with E-state index in [1.54, 1.807) is 0 Å². The molecule has 22 heavy (non-hydrogen) atoms. The fraction of sp³-hybridized carbons (Fsp3) is 1.00. The third-order valence-corrected chi connectivity index (χ3v) is 6.26. The minimum atomic E-state index is -6.98. The van der Waals surface area contributed by atoms with Gasteiger partial charge in [0.15, 0.2) is 0 Å². The summed E-state index contributed by atoms with van der Waals surface area (Å²) in [7, 11) is -13.1. The average molecular weight is 379 g/mol. The molecular formula is C8H11F6NO5S2. The molecule has 1 aliphatic heterocycles. The van der Waals surface area contributed by atoms with E-state index in [1.165, 1.54) is 0 Å². The minimum absolute atomic E-state index is 0.0141. The van der Waals surface area contributed by atoms with Gasteiger partial charge in [-0.25, -0.2) is 8.42 Å². The van der Waals surface area contributed by atoms with E-state index in [0.29, 0.717) is 0 Å².